The number of barbiturate groups is 1. The summed E-state index contributed by atoms with van der Waals surface area (Å²) in [6, 6.07) is 5.86. The van der Waals surface area contributed by atoms with Crippen molar-refractivity contribution in [1.29, 1.82) is 0 Å². The quantitative estimate of drug-likeness (QED) is 0.513. The van der Waals surface area contributed by atoms with Crippen molar-refractivity contribution >= 4 is 35.1 Å². The van der Waals surface area contributed by atoms with Crippen LogP contribution in [0.25, 0.3) is 5.70 Å². The van der Waals surface area contributed by atoms with Gasteiger partial charge in [0.1, 0.15) is 5.57 Å². The summed E-state index contributed by atoms with van der Waals surface area (Å²) in [7, 11) is 2.63. The molecule has 122 valence electrons. The van der Waals surface area contributed by atoms with Gasteiger partial charge in [-0.25, -0.2) is 4.79 Å². The number of halogens is 1. The van der Waals surface area contributed by atoms with Crippen LogP contribution in [0.3, 0.4) is 0 Å². The number of likely N-dealkylation sites (N-methyl/N-ethyl adjacent to an activating group) is 2. The predicted molar refractivity (Wildman–Crippen MR) is 84.1 cm³/mol. The van der Waals surface area contributed by atoms with Gasteiger partial charge >= 0.3 is 6.03 Å². The van der Waals surface area contributed by atoms with Crippen LogP contribution in [0, 0.1) is 0 Å². The Bertz CT molecular complexity index is 658. The van der Waals surface area contributed by atoms with Crippen LogP contribution in [0.15, 0.2) is 29.8 Å². The molecule has 1 aliphatic heterocycles. The molecular formula is C15H16ClN3O4. The summed E-state index contributed by atoms with van der Waals surface area (Å²) in [4.78, 5) is 43.6. The van der Waals surface area contributed by atoms with Gasteiger partial charge in [0, 0.05) is 24.7 Å². The molecule has 0 radical (unpaired) electrons. The number of rotatable bonds is 4. The van der Waals surface area contributed by atoms with Crippen LogP contribution in [-0.4, -0.2) is 48.3 Å². The Morgan fingerprint density at radius 2 is 1.61 bits per heavy atom. The molecule has 23 heavy (non-hydrogen) atoms. The minimum atomic E-state index is -0.699. The van der Waals surface area contributed by atoms with Gasteiger partial charge in [0.15, 0.2) is 0 Å². The van der Waals surface area contributed by atoms with Gasteiger partial charge in [0.2, 0.25) is 0 Å². The van der Waals surface area contributed by atoms with E-state index in [9.17, 15) is 14.4 Å². The summed E-state index contributed by atoms with van der Waals surface area (Å²) in [6.07, 6.45) is 0. The van der Waals surface area contributed by atoms with E-state index in [0.717, 1.165) is 9.80 Å². The third-order valence-electron chi connectivity index (χ3n) is 3.31. The number of carbonyl (C=O) groups is 3. The molecule has 2 rings (SSSR count). The summed E-state index contributed by atoms with van der Waals surface area (Å²) in [6.45, 7) is 2.07. The molecule has 1 aromatic carbocycles. The van der Waals surface area contributed by atoms with Crippen molar-refractivity contribution in [1.82, 2.24) is 15.3 Å². The number of hydroxylamine groups is 1. The largest absolute Gasteiger partial charge is 0.333 e. The standard InChI is InChI=1S/C15H16ClN3O4/c1-4-23-17-12(9-5-7-10(16)8-6-9)11-13(20)18(2)15(22)19(3)14(11)21/h5-8,17H,4H2,1-3H3. The number of nitrogens with zero attached hydrogens (tertiary/aromatic N) is 2. The Hall–Kier alpha value is -2.38. The second-order valence-corrected chi connectivity index (χ2v) is 5.24. The smallest absolute Gasteiger partial charge is 0.276 e. The van der Waals surface area contributed by atoms with E-state index in [2.05, 4.69) is 5.48 Å². The highest BCUT2D eigenvalue weighted by atomic mass is 35.5. The van der Waals surface area contributed by atoms with Crippen molar-refractivity contribution in [3.8, 4) is 0 Å². The molecule has 8 heteroatoms. The molecule has 1 fully saturated rings. The van der Waals surface area contributed by atoms with E-state index >= 15 is 0 Å². The lowest BCUT2D eigenvalue weighted by Gasteiger charge is -2.30. The molecule has 0 unspecified atom stereocenters. The number of nitrogens with one attached hydrogen (secondary N) is 1. The molecule has 0 saturated carbocycles. The Kier molecular flexibility index (Phi) is 5.02. The van der Waals surface area contributed by atoms with E-state index in [0.29, 0.717) is 17.2 Å². The van der Waals surface area contributed by atoms with Crippen LogP contribution in [0.4, 0.5) is 4.79 Å². The zero-order valence-electron chi connectivity index (χ0n) is 12.9. The predicted octanol–water partition coefficient (Wildman–Crippen LogP) is 1.64. The van der Waals surface area contributed by atoms with Gasteiger partial charge in [-0.1, -0.05) is 23.7 Å². The highest BCUT2D eigenvalue weighted by molar-refractivity contribution is 6.32. The monoisotopic (exact) mass is 337 g/mol. The fourth-order valence-corrected chi connectivity index (χ4v) is 2.18. The van der Waals surface area contributed by atoms with Gasteiger partial charge in [0.05, 0.1) is 12.3 Å². The minimum Gasteiger partial charge on any atom is -0.276 e. The second kappa shape index (κ2) is 6.80. The topological polar surface area (TPSA) is 79.0 Å². The molecular weight excluding hydrogens is 322 g/mol. The lowest BCUT2D eigenvalue weighted by Crippen LogP contribution is -2.53. The molecule has 0 aliphatic carbocycles. The highest BCUT2D eigenvalue weighted by Gasteiger charge is 2.40. The lowest BCUT2D eigenvalue weighted by atomic mass is 10.0. The number of amides is 4. The van der Waals surface area contributed by atoms with Gasteiger partial charge < -0.3 is 0 Å². The van der Waals surface area contributed by atoms with Crippen molar-refractivity contribution in [2.75, 3.05) is 20.7 Å². The lowest BCUT2D eigenvalue weighted by molar-refractivity contribution is -0.134. The second-order valence-electron chi connectivity index (χ2n) is 4.80. The van der Waals surface area contributed by atoms with Crippen LogP contribution in [-0.2, 0) is 14.4 Å². The van der Waals surface area contributed by atoms with Crippen LogP contribution in [0.2, 0.25) is 5.02 Å². The first kappa shape index (κ1) is 17.0. The average Bonchev–Trinajstić information content (AvgIpc) is 2.55. The van der Waals surface area contributed by atoms with Crippen molar-refractivity contribution in [3.05, 3.63) is 40.4 Å². The minimum absolute atomic E-state index is 0.176. The van der Waals surface area contributed by atoms with Crippen molar-refractivity contribution < 1.29 is 19.2 Å². The van der Waals surface area contributed by atoms with Gasteiger partial charge in [-0.15, -0.1) is 0 Å². The molecule has 7 nitrogen and oxygen atoms in total. The SMILES string of the molecule is CCONC(=C1C(=O)N(C)C(=O)N(C)C1=O)c1ccc(Cl)cc1. The molecule has 1 aliphatic rings. The number of imide groups is 2. The van der Waals surface area contributed by atoms with E-state index in [-0.39, 0.29) is 11.3 Å². The highest BCUT2D eigenvalue weighted by Crippen LogP contribution is 2.24. The number of benzene rings is 1. The number of hydrogen-bond acceptors (Lipinski definition) is 5. The molecule has 0 spiro atoms. The molecule has 1 saturated heterocycles. The zero-order chi connectivity index (χ0) is 17.1. The van der Waals surface area contributed by atoms with Gasteiger partial charge in [-0.05, 0) is 19.1 Å². The van der Waals surface area contributed by atoms with Gasteiger partial charge in [0.25, 0.3) is 11.8 Å². The Balaban J connectivity index is 2.60. The summed E-state index contributed by atoms with van der Waals surface area (Å²) in [5.41, 5.74) is 3.17. The fourth-order valence-electron chi connectivity index (χ4n) is 2.05. The third kappa shape index (κ3) is 3.20. The third-order valence-corrected chi connectivity index (χ3v) is 3.56. The Labute approximate surface area is 138 Å². The molecule has 0 bridgehead atoms. The van der Waals surface area contributed by atoms with E-state index in [1.165, 1.54) is 14.1 Å². The molecule has 1 N–H and O–H groups in total. The molecule has 1 aromatic rings. The summed E-state index contributed by atoms with van der Waals surface area (Å²) < 4.78 is 0. The Morgan fingerprint density at radius 3 is 2.09 bits per heavy atom. The van der Waals surface area contributed by atoms with Crippen LogP contribution in [0.1, 0.15) is 12.5 Å². The van der Waals surface area contributed by atoms with Gasteiger partial charge in [-0.2, -0.15) is 0 Å². The first-order valence-corrected chi connectivity index (χ1v) is 7.24. The fraction of sp³-hybridized carbons (Fsp3) is 0.267. The van der Waals surface area contributed by atoms with E-state index in [1.54, 1.807) is 31.2 Å². The van der Waals surface area contributed by atoms with E-state index in [1.807, 2.05) is 0 Å². The Morgan fingerprint density at radius 1 is 1.09 bits per heavy atom. The first-order valence-electron chi connectivity index (χ1n) is 6.86. The summed E-state index contributed by atoms with van der Waals surface area (Å²) in [5, 5.41) is 0.514. The van der Waals surface area contributed by atoms with E-state index in [4.69, 9.17) is 16.4 Å². The number of carbonyl (C=O) groups excluding carboxylic acids is 3. The molecule has 0 aromatic heterocycles. The van der Waals surface area contributed by atoms with Crippen molar-refractivity contribution in [2.24, 2.45) is 0 Å². The van der Waals surface area contributed by atoms with Gasteiger partial charge in [-0.3, -0.25) is 29.7 Å². The maximum Gasteiger partial charge on any atom is 0.333 e. The summed E-state index contributed by atoms with van der Waals surface area (Å²) >= 11 is 5.87. The van der Waals surface area contributed by atoms with Crippen LogP contribution >= 0.6 is 11.6 Å². The van der Waals surface area contributed by atoms with E-state index < -0.39 is 17.8 Å². The summed E-state index contributed by atoms with van der Waals surface area (Å²) in [5.74, 6) is -1.40. The normalized spacial score (nSPS) is 15.3. The van der Waals surface area contributed by atoms with Crippen LogP contribution < -0.4 is 5.48 Å². The average molecular weight is 338 g/mol. The van der Waals surface area contributed by atoms with Crippen LogP contribution in [0.5, 0.6) is 0 Å². The van der Waals surface area contributed by atoms with Crippen molar-refractivity contribution in [2.45, 2.75) is 6.92 Å². The maximum atomic E-state index is 12.4. The maximum absolute atomic E-state index is 12.4. The zero-order valence-corrected chi connectivity index (χ0v) is 13.7. The van der Waals surface area contributed by atoms with Crippen molar-refractivity contribution in [3.63, 3.8) is 0 Å². The molecule has 0 atom stereocenters. The number of hydrogen-bond donors (Lipinski definition) is 1. The first-order chi connectivity index (χ1) is 10.9. The molecule has 1 heterocycles. The number of urea groups is 1. The molecule has 4 amide bonds.